The lowest BCUT2D eigenvalue weighted by Crippen LogP contribution is -2.26. The fourth-order valence-corrected chi connectivity index (χ4v) is 6.72. The fourth-order valence-electron chi connectivity index (χ4n) is 3.39. The molecule has 0 aromatic carbocycles. The highest BCUT2D eigenvalue weighted by Gasteiger charge is 2.30. The molecule has 3 unspecified atom stereocenters. The molecular formula is C21H39O6P. The summed E-state index contributed by atoms with van der Waals surface area (Å²) in [4.78, 5) is 35.1. The lowest BCUT2D eigenvalue weighted by molar-refractivity contribution is -0.141. The highest BCUT2D eigenvalue weighted by molar-refractivity contribution is 7.57. The Hall–Kier alpha value is -1.16. The third kappa shape index (κ3) is 11.6. The number of rotatable bonds is 18. The molecule has 0 fully saturated rings. The van der Waals surface area contributed by atoms with Gasteiger partial charge < -0.3 is 15.3 Å². The van der Waals surface area contributed by atoms with Gasteiger partial charge in [0, 0.05) is 0 Å². The zero-order valence-electron chi connectivity index (χ0n) is 17.7. The summed E-state index contributed by atoms with van der Waals surface area (Å²) in [6.07, 6.45) is 8.17. The minimum atomic E-state index is -0.968. The minimum Gasteiger partial charge on any atom is -0.481 e. The van der Waals surface area contributed by atoms with Gasteiger partial charge in [0.1, 0.15) is 0 Å². The Kier molecular flexibility index (Phi) is 15.1. The maximum absolute atomic E-state index is 11.7. The quantitative estimate of drug-likeness (QED) is 0.266. The van der Waals surface area contributed by atoms with Crippen LogP contribution >= 0.6 is 7.92 Å². The van der Waals surface area contributed by atoms with Crippen molar-refractivity contribution >= 4 is 25.8 Å². The number of hydrogen-bond acceptors (Lipinski definition) is 3. The molecule has 0 aliphatic rings. The molecule has 28 heavy (non-hydrogen) atoms. The van der Waals surface area contributed by atoms with Gasteiger partial charge in [0.15, 0.2) is 0 Å². The highest BCUT2D eigenvalue weighted by Crippen LogP contribution is 2.44. The SMILES string of the molecule is CCCCC(CP(CC(CCCC)C(=O)O)CC(CCCC)C(=O)O)C(=O)O. The van der Waals surface area contributed by atoms with Crippen LogP contribution in [0.25, 0.3) is 0 Å². The normalized spacial score (nSPS) is 15.5. The number of aliphatic carboxylic acids is 3. The highest BCUT2D eigenvalue weighted by atomic mass is 31.1. The smallest absolute Gasteiger partial charge is 0.306 e. The van der Waals surface area contributed by atoms with Crippen molar-refractivity contribution in [1.29, 1.82) is 0 Å². The molecule has 164 valence electrons. The third-order valence-electron chi connectivity index (χ3n) is 5.20. The molecule has 0 bridgehead atoms. The maximum atomic E-state index is 11.7. The van der Waals surface area contributed by atoms with Crippen molar-refractivity contribution in [2.75, 3.05) is 18.5 Å². The van der Waals surface area contributed by atoms with E-state index in [2.05, 4.69) is 0 Å². The van der Waals surface area contributed by atoms with E-state index in [0.717, 1.165) is 38.5 Å². The molecule has 7 heteroatoms. The molecule has 3 atom stereocenters. The van der Waals surface area contributed by atoms with Crippen LogP contribution in [0, 0.1) is 17.8 Å². The molecule has 0 saturated carbocycles. The maximum Gasteiger partial charge on any atom is 0.306 e. The molecule has 0 radical (unpaired) electrons. The number of carboxylic acids is 3. The predicted octanol–water partition coefficient (Wildman–Crippen LogP) is 5.14. The molecule has 0 aliphatic carbocycles. The minimum absolute atomic E-state index is 0.427. The number of carboxylic acid groups (broad SMARTS) is 3. The molecule has 0 rings (SSSR count). The second kappa shape index (κ2) is 15.7. The zero-order valence-corrected chi connectivity index (χ0v) is 18.6. The molecule has 0 aromatic heterocycles. The summed E-state index contributed by atoms with van der Waals surface area (Å²) in [5, 5.41) is 28.8. The van der Waals surface area contributed by atoms with E-state index in [-0.39, 0.29) is 0 Å². The van der Waals surface area contributed by atoms with Crippen LogP contribution in [-0.4, -0.2) is 51.7 Å². The average molecular weight is 419 g/mol. The molecule has 0 saturated heterocycles. The molecule has 0 spiro atoms. The predicted molar refractivity (Wildman–Crippen MR) is 113 cm³/mol. The van der Waals surface area contributed by atoms with Crippen molar-refractivity contribution in [1.82, 2.24) is 0 Å². The topological polar surface area (TPSA) is 112 Å². The number of hydrogen-bond donors (Lipinski definition) is 3. The van der Waals surface area contributed by atoms with Crippen molar-refractivity contribution in [2.24, 2.45) is 17.8 Å². The molecule has 0 amide bonds. The van der Waals surface area contributed by atoms with Gasteiger partial charge in [-0.05, 0) is 37.7 Å². The summed E-state index contributed by atoms with van der Waals surface area (Å²) in [7, 11) is -0.968. The Morgan fingerprint density at radius 2 is 0.857 bits per heavy atom. The van der Waals surface area contributed by atoms with Crippen LogP contribution in [0.5, 0.6) is 0 Å². The molecule has 0 aromatic rings. The van der Waals surface area contributed by atoms with E-state index in [4.69, 9.17) is 0 Å². The summed E-state index contributed by atoms with van der Waals surface area (Å²) < 4.78 is 0. The molecular weight excluding hydrogens is 379 g/mol. The lowest BCUT2D eigenvalue weighted by Gasteiger charge is -2.27. The van der Waals surface area contributed by atoms with E-state index < -0.39 is 43.6 Å². The van der Waals surface area contributed by atoms with Crippen molar-refractivity contribution in [3.8, 4) is 0 Å². The van der Waals surface area contributed by atoms with Gasteiger partial charge in [-0.15, -0.1) is 7.92 Å². The van der Waals surface area contributed by atoms with Gasteiger partial charge in [0.2, 0.25) is 0 Å². The molecule has 0 heterocycles. The van der Waals surface area contributed by atoms with Gasteiger partial charge in [-0.3, -0.25) is 14.4 Å². The Morgan fingerprint density at radius 1 is 0.607 bits per heavy atom. The van der Waals surface area contributed by atoms with E-state index in [9.17, 15) is 29.7 Å². The van der Waals surface area contributed by atoms with Crippen LogP contribution in [0.1, 0.15) is 78.6 Å². The van der Waals surface area contributed by atoms with E-state index in [1.807, 2.05) is 20.8 Å². The van der Waals surface area contributed by atoms with Gasteiger partial charge in [0.05, 0.1) is 17.8 Å². The van der Waals surface area contributed by atoms with Crippen LogP contribution in [0.2, 0.25) is 0 Å². The second-order valence-electron chi connectivity index (χ2n) is 7.75. The van der Waals surface area contributed by atoms with Crippen LogP contribution in [0.15, 0.2) is 0 Å². The van der Waals surface area contributed by atoms with E-state index in [0.29, 0.717) is 37.7 Å². The fraction of sp³-hybridized carbons (Fsp3) is 0.857. The summed E-state index contributed by atoms with van der Waals surface area (Å²) in [6, 6.07) is 0. The van der Waals surface area contributed by atoms with Gasteiger partial charge in [-0.1, -0.05) is 59.3 Å². The average Bonchev–Trinajstić information content (AvgIpc) is 2.63. The largest absolute Gasteiger partial charge is 0.481 e. The molecule has 3 N–H and O–H groups in total. The first-order valence-corrected chi connectivity index (χ1v) is 12.6. The van der Waals surface area contributed by atoms with Crippen LogP contribution in [-0.2, 0) is 14.4 Å². The Bertz CT molecular complexity index is 401. The monoisotopic (exact) mass is 418 g/mol. The van der Waals surface area contributed by atoms with Gasteiger partial charge in [-0.25, -0.2) is 0 Å². The molecule has 0 aliphatic heterocycles. The Balaban J connectivity index is 5.37. The van der Waals surface area contributed by atoms with Crippen LogP contribution in [0.3, 0.4) is 0 Å². The van der Waals surface area contributed by atoms with Gasteiger partial charge >= 0.3 is 17.9 Å². The van der Waals surface area contributed by atoms with Gasteiger partial charge in [-0.2, -0.15) is 0 Å². The van der Waals surface area contributed by atoms with E-state index >= 15 is 0 Å². The van der Waals surface area contributed by atoms with Gasteiger partial charge in [0.25, 0.3) is 0 Å². The first-order valence-electron chi connectivity index (χ1n) is 10.7. The Morgan fingerprint density at radius 3 is 1.04 bits per heavy atom. The lowest BCUT2D eigenvalue weighted by atomic mass is 10.0. The van der Waals surface area contributed by atoms with Crippen molar-refractivity contribution < 1.29 is 29.7 Å². The number of carbonyl (C=O) groups is 3. The summed E-state index contributed by atoms with van der Waals surface area (Å²) in [6.45, 7) is 6.04. The van der Waals surface area contributed by atoms with E-state index in [1.54, 1.807) is 0 Å². The Labute approximate surface area is 170 Å². The van der Waals surface area contributed by atoms with E-state index in [1.165, 1.54) is 0 Å². The van der Waals surface area contributed by atoms with Crippen LogP contribution < -0.4 is 0 Å². The molecule has 6 nitrogen and oxygen atoms in total. The number of unbranched alkanes of at least 4 members (excludes halogenated alkanes) is 3. The van der Waals surface area contributed by atoms with Crippen molar-refractivity contribution in [2.45, 2.75) is 78.6 Å². The summed E-state index contributed by atoms with van der Waals surface area (Å²) in [5.41, 5.74) is 0. The van der Waals surface area contributed by atoms with Crippen molar-refractivity contribution in [3.63, 3.8) is 0 Å². The third-order valence-corrected chi connectivity index (χ3v) is 8.07. The first kappa shape index (κ1) is 26.8. The standard InChI is InChI=1S/C21H39O6P/c1-4-7-10-16(19(22)23)13-28(14-17(20(24)25)11-8-5-2)15-18(21(26)27)12-9-6-3/h16-18H,4-15H2,1-3H3,(H,22,23)(H,24,25)(H,26,27). The van der Waals surface area contributed by atoms with Crippen LogP contribution in [0.4, 0.5) is 0 Å². The second-order valence-corrected chi connectivity index (χ2v) is 10.2. The summed E-state index contributed by atoms with van der Waals surface area (Å²) >= 11 is 0. The van der Waals surface area contributed by atoms with Crippen molar-refractivity contribution in [3.05, 3.63) is 0 Å². The first-order chi connectivity index (χ1) is 13.3. The summed E-state index contributed by atoms with van der Waals surface area (Å²) in [5.74, 6) is -4.06. The zero-order chi connectivity index (χ0) is 21.5.